The van der Waals surface area contributed by atoms with Crippen LogP contribution in [-0.2, 0) is 21.1 Å². The second-order valence-corrected chi connectivity index (χ2v) is 7.28. The average molecular weight is 286 g/mol. The van der Waals surface area contributed by atoms with Gasteiger partial charge in [-0.1, -0.05) is 5.16 Å². The number of carbonyl (C=O) groups is 1. The van der Waals surface area contributed by atoms with Crippen molar-refractivity contribution in [1.29, 1.82) is 0 Å². The van der Waals surface area contributed by atoms with Crippen molar-refractivity contribution in [2.24, 2.45) is 5.92 Å². The Morgan fingerprint density at radius 1 is 1.47 bits per heavy atom. The number of nitrogens with zero attached hydrogens (tertiary/aromatic N) is 1. The number of rotatable bonds is 4. The Morgan fingerprint density at radius 3 is 2.74 bits per heavy atom. The highest BCUT2D eigenvalue weighted by molar-refractivity contribution is 7.91. The van der Waals surface area contributed by atoms with Gasteiger partial charge in [0.15, 0.2) is 9.84 Å². The summed E-state index contributed by atoms with van der Waals surface area (Å²) >= 11 is 0. The molecule has 0 spiro atoms. The summed E-state index contributed by atoms with van der Waals surface area (Å²) in [4.78, 5) is 11.8. The van der Waals surface area contributed by atoms with E-state index in [0.717, 1.165) is 11.3 Å². The number of aryl methyl sites for hydroxylation is 2. The first-order chi connectivity index (χ1) is 8.87. The van der Waals surface area contributed by atoms with Gasteiger partial charge in [-0.3, -0.25) is 4.79 Å². The first kappa shape index (κ1) is 14.0. The Balaban J connectivity index is 1.83. The quantitative estimate of drug-likeness (QED) is 0.864. The summed E-state index contributed by atoms with van der Waals surface area (Å²) in [5.41, 5.74) is 1.52. The van der Waals surface area contributed by atoms with Gasteiger partial charge in [0.1, 0.15) is 5.76 Å². The van der Waals surface area contributed by atoms with Crippen molar-refractivity contribution in [3.8, 4) is 0 Å². The number of sulfone groups is 1. The number of aromatic nitrogens is 1. The van der Waals surface area contributed by atoms with Crippen molar-refractivity contribution >= 4 is 15.7 Å². The molecule has 0 unspecified atom stereocenters. The zero-order valence-corrected chi connectivity index (χ0v) is 11.9. The van der Waals surface area contributed by atoms with Gasteiger partial charge in [-0.15, -0.1) is 0 Å². The van der Waals surface area contributed by atoms with Crippen molar-refractivity contribution in [1.82, 2.24) is 10.5 Å². The largest absolute Gasteiger partial charge is 0.361 e. The number of nitrogens with one attached hydrogen (secondary N) is 1. The topological polar surface area (TPSA) is 89.3 Å². The molecule has 1 N–H and O–H groups in total. The van der Waals surface area contributed by atoms with Gasteiger partial charge in [0, 0.05) is 12.1 Å². The Morgan fingerprint density at radius 2 is 2.21 bits per heavy atom. The lowest BCUT2D eigenvalue weighted by atomic mass is 10.1. The zero-order valence-electron chi connectivity index (χ0n) is 11.1. The van der Waals surface area contributed by atoms with Gasteiger partial charge in [-0.2, -0.15) is 0 Å². The SMILES string of the molecule is Cc1noc(C)c1CC(=O)NC[C@@H]1CCS(=O)(=O)C1. The molecule has 2 rings (SSSR count). The van der Waals surface area contributed by atoms with Crippen LogP contribution in [-0.4, -0.2) is 37.5 Å². The second-order valence-electron chi connectivity index (χ2n) is 5.05. The lowest BCUT2D eigenvalue weighted by Gasteiger charge is -2.09. The molecule has 1 aliphatic rings. The summed E-state index contributed by atoms with van der Waals surface area (Å²) in [5, 5.41) is 6.57. The standard InChI is InChI=1S/C12H18N2O4S/c1-8-11(9(2)18-14-8)5-12(15)13-6-10-3-4-19(16,17)7-10/h10H,3-7H2,1-2H3,(H,13,15)/t10-/m0/s1. The van der Waals surface area contributed by atoms with Crippen LogP contribution < -0.4 is 5.32 Å². The molecule has 0 aromatic carbocycles. The van der Waals surface area contributed by atoms with Gasteiger partial charge in [-0.05, 0) is 26.2 Å². The fraction of sp³-hybridized carbons (Fsp3) is 0.667. The van der Waals surface area contributed by atoms with E-state index in [9.17, 15) is 13.2 Å². The minimum absolute atomic E-state index is 0.0404. The van der Waals surface area contributed by atoms with Crippen molar-refractivity contribution in [2.75, 3.05) is 18.1 Å². The van der Waals surface area contributed by atoms with Crippen molar-refractivity contribution < 1.29 is 17.7 Å². The average Bonchev–Trinajstić information content (AvgIpc) is 2.83. The molecule has 0 saturated carbocycles. The number of amides is 1. The molecule has 1 saturated heterocycles. The lowest BCUT2D eigenvalue weighted by Crippen LogP contribution is -2.31. The van der Waals surface area contributed by atoms with Gasteiger partial charge in [-0.25, -0.2) is 8.42 Å². The second kappa shape index (κ2) is 5.32. The van der Waals surface area contributed by atoms with Crippen molar-refractivity contribution in [2.45, 2.75) is 26.7 Å². The minimum atomic E-state index is -2.88. The minimum Gasteiger partial charge on any atom is -0.361 e. The molecule has 1 atom stereocenters. The van der Waals surface area contributed by atoms with Crippen LogP contribution in [0.3, 0.4) is 0 Å². The molecule has 1 amide bonds. The predicted molar refractivity (Wildman–Crippen MR) is 69.5 cm³/mol. The number of hydrogen-bond donors (Lipinski definition) is 1. The maximum atomic E-state index is 11.8. The van der Waals surface area contributed by atoms with Gasteiger partial charge >= 0.3 is 0 Å². The third kappa shape index (κ3) is 3.56. The van der Waals surface area contributed by atoms with E-state index in [1.165, 1.54) is 0 Å². The Bertz CT molecular complexity index is 557. The molecule has 106 valence electrons. The number of carbonyl (C=O) groups excluding carboxylic acids is 1. The van der Waals surface area contributed by atoms with Crippen LogP contribution in [0.1, 0.15) is 23.4 Å². The normalized spacial score (nSPS) is 21.5. The van der Waals surface area contributed by atoms with E-state index in [2.05, 4.69) is 10.5 Å². The summed E-state index contributed by atoms with van der Waals surface area (Å²) < 4.78 is 27.6. The first-order valence-corrected chi connectivity index (χ1v) is 8.08. The molecule has 19 heavy (non-hydrogen) atoms. The Labute approximate surface area is 112 Å². The molecular formula is C12H18N2O4S. The van der Waals surface area contributed by atoms with Crippen molar-refractivity contribution in [3.05, 3.63) is 17.0 Å². The predicted octanol–water partition coefficient (Wildman–Crippen LogP) is 0.385. The van der Waals surface area contributed by atoms with Gasteiger partial charge in [0.05, 0.1) is 23.6 Å². The van der Waals surface area contributed by atoms with Gasteiger partial charge in [0.25, 0.3) is 0 Å². The van der Waals surface area contributed by atoms with Crippen molar-refractivity contribution in [3.63, 3.8) is 0 Å². The fourth-order valence-electron chi connectivity index (χ4n) is 2.27. The molecule has 0 bridgehead atoms. The van der Waals surface area contributed by atoms with Crippen LogP contribution in [0.2, 0.25) is 0 Å². The van der Waals surface area contributed by atoms with E-state index < -0.39 is 9.84 Å². The molecule has 1 fully saturated rings. The van der Waals surface area contributed by atoms with Crippen LogP contribution in [0, 0.1) is 19.8 Å². The van der Waals surface area contributed by atoms with Crippen LogP contribution in [0.25, 0.3) is 0 Å². The molecule has 1 aliphatic heterocycles. The third-order valence-electron chi connectivity index (χ3n) is 3.43. The fourth-order valence-corrected chi connectivity index (χ4v) is 4.13. The van der Waals surface area contributed by atoms with E-state index in [1.807, 2.05) is 0 Å². The van der Waals surface area contributed by atoms with Gasteiger partial charge < -0.3 is 9.84 Å². The Hall–Kier alpha value is -1.37. The lowest BCUT2D eigenvalue weighted by molar-refractivity contribution is -0.120. The zero-order chi connectivity index (χ0) is 14.0. The number of hydrogen-bond acceptors (Lipinski definition) is 5. The summed E-state index contributed by atoms with van der Waals surface area (Å²) in [7, 11) is -2.88. The summed E-state index contributed by atoms with van der Waals surface area (Å²) in [5.74, 6) is 0.976. The molecule has 6 nitrogen and oxygen atoms in total. The van der Waals surface area contributed by atoms with Gasteiger partial charge in [0.2, 0.25) is 5.91 Å². The smallest absolute Gasteiger partial charge is 0.224 e. The molecule has 0 aliphatic carbocycles. The Kier molecular flexibility index (Phi) is 3.93. The molecule has 1 aromatic heterocycles. The van der Waals surface area contributed by atoms with E-state index >= 15 is 0 Å². The van der Waals surface area contributed by atoms with E-state index in [0.29, 0.717) is 18.7 Å². The monoisotopic (exact) mass is 286 g/mol. The highest BCUT2D eigenvalue weighted by Gasteiger charge is 2.28. The summed E-state index contributed by atoms with van der Waals surface area (Å²) in [6.07, 6.45) is 0.856. The maximum absolute atomic E-state index is 11.8. The van der Waals surface area contributed by atoms with Crippen LogP contribution in [0.4, 0.5) is 0 Å². The van der Waals surface area contributed by atoms with E-state index in [-0.39, 0.29) is 29.8 Å². The van der Waals surface area contributed by atoms with Crippen LogP contribution in [0.5, 0.6) is 0 Å². The molecule has 2 heterocycles. The summed E-state index contributed by atoms with van der Waals surface area (Å²) in [6, 6.07) is 0. The molecule has 7 heteroatoms. The third-order valence-corrected chi connectivity index (χ3v) is 5.27. The summed E-state index contributed by atoms with van der Waals surface area (Å²) in [6.45, 7) is 3.98. The first-order valence-electron chi connectivity index (χ1n) is 6.26. The highest BCUT2D eigenvalue weighted by atomic mass is 32.2. The van der Waals surface area contributed by atoms with E-state index in [4.69, 9.17) is 4.52 Å². The molecule has 0 radical (unpaired) electrons. The highest BCUT2D eigenvalue weighted by Crippen LogP contribution is 2.17. The van der Waals surface area contributed by atoms with Crippen LogP contribution in [0.15, 0.2) is 4.52 Å². The molecular weight excluding hydrogens is 268 g/mol. The van der Waals surface area contributed by atoms with Crippen LogP contribution >= 0.6 is 0 Å². The molecule has 1 aromatic rings. The van der Waals surface area contributed by atoms with E-state index in [1.54, 1.807) is 13.8 Å². The maximum Gasteiger partial charge on any atom is 0.224 e.